The number of halogens is 3. The van der Waals surface area contributed by atoms with E-state index in [0.29, 0.717) is 31.0 Å². The molecule has 10 heteroatoms. The van der Waals surface area contributed by atoms with Crippen LogP contribution in [0.25, 0.3) is 0 Å². The molecule has 0 unspecified atom stereocenters. The number of anilines is 2. The molecule has 0 spiro atoms. The molecule has 1 saturated heterocycles. The van der Waals surface area contributed by atoms with Gasteiger partial charge in [0.15, 0.2) is 5.17 Å². The molecule has 1 atom stereocenters. The molecule has 1 heterocycles. The van der Waals surface area contributed by atoms with E-state index in [0.717, 1.165) is 60.0 Å². The monoisotopic (exact) mass is 597 g/mol. The fraction of sp³-hybridized carbons (Fsp3) is 0.344. The third-order valence-corrected chi connectivity index (χ3v) is 7.77. The van der Waals surface area contributed by atoms with E-state index in [1.54, 1.807) is 24.3 Å². The highest BCUT2D eigenvalue weighted by molar-refractivity contribution is 8.15. The Balaban J connectivity index is 1.45. The highest BCUT2D eigenvalue weighted by atomic mass is 32.2. The van der Waals surface area contributed by atoms with Crippen LogP contribution in [0.5, 0.6) is 5.75 Å². The summed E-state index contributed by atoms with van der Waals surface area (Å²) in [5.41, 5.74) is 0.888. The largest absolute Gasteiger partial charge is 0.494 e. The van der Waals surface area contributed by atoms with Gasteiger partial charge in [-0.2, -0.15) is 13.2 Å². The second-order valence-corrected chi connectivity index (χ2v) is 11.1. The van der Waals surface area contributed by atoms with Gasteiger partial charge in [-0.3, -0.25) is 14.6 Å². The van der Waals surface area contributed by atoms with E-state index in [1.165, 1.54) is 12.1 Å². The fourth-order valence-corrected chi connectivity index (χ4v) is 5.49. The maximum atomic E-state index is 13.4. The topological polar surface area (TPSA) is 71.0 Å². The number of carbonyl (C=O) groups excluding carboxylic acids is 2. The first-order valence-electron chi connectivity index (χ1n) is 14.0. The average molecular weight is 598 g/mol. The molecule has 2 amide bonds. The number of nitrogens with one attached hydrogen (secondary N) is 1. The van der Waals surface area contributed by atoms with Crippen molar-refractivity contribution in [3.05, 3.63) is 90.0 Å². The lowest BCUT2D eigenvalue weighted by molar-refractivity contribution is -0.137. The number of benzene rings is 3. The van der Waals surface area contributed by atoms with E-state index in [1.807, 2.05) is 30.3 Å². The summed E-state index contributed by atoms with van der Waals surface area (Å²) in [4.78, 5) is 32.0. The highest BCUT2D eigenvalue weighted by Crippen LogP contribution is 2.33. The van der Waals surface area contributed by atoms with Crippen LogP contribution in [0.4, 0.5) is 24.5 Å². The SMILES string of the molecule is CCCCCCOc1ccc(N2C(=O)C[C@H](SC(=NCCc3ccccc3)Nc3cccc(C(F)(F)F)c3)C2=O)cc1. The normalized spacial score (nSPS) is 15.8. The van der Waals surface area contributed by atoms with Gasteiger partial charge >= 0.3 is 6.18 Å². The number of ether oxygens (including phenoxy) is 1. The number of imide groups is 1. The molecular formula is C32H34F3N3O3S. The van der Waals surface area contributed by atoms with Gasteiger partial charge in [0.2, 0.25) is 11.8 Å². The quantitative estimate of drug-likeness (QED) is 0.100. The van der Waals surface area contributed by atoms with E-state index in [9.17, 15) is 22.8 Å². The minimum atomic E-state index is -4.50. The van der Waals surface area contributed by atoms with Gasteiger partial charge in [0, 0.05) is 18.7 Å². The van der Waals surface area contributed by atoms with E-state index in [4.69, 9.17) is 4.74 Å². The predicted octanol–water partition coefficient (Wildman–Crippen LogP) is 7.74. The third kappa shape index (κ3) is 8.85. The summed E-state index contributed by atoms with van der Waals surface area (Å²) in [6.07, 6.45) is 0.419. The number of hydrogen-bond donors (Lipinski definition) is 1. The minimum absolute atomic E-state index is 0.0544. The van der Waals surface area contributed by atoms with Crippen molar-refractivity contribution in [2.75, 3.05) is 23.4 Å². The molecule has 4 rings (SSSR count). The Kier molecular flexibility index (Phi) is 11.1. The van der Waals surface area contributed by atoms with E-state index >= 15 is 0 Å². The Labute approximate surface area is 248 Å². The molecule has 6 nitrogen and oxygen atoms in total. The number of nitrogens with zero attached hydrogens (tertiary/aromatic N) is 2. The van der Waals surface area contributed by atoms with E-state index in [-0.39, 0.29) is 23.2 Å². The Morgan fingerprint density at radius 2 is 1.76 bits per heavy atom. The zero-order valence-electron chi connectivity index (χ0n) is 23.4. The zero-order valence-corrected chi connectivity index (χ0v) is 24.2. The summed E-state index contributed by atoms with van der Waals surface area (Å²) in [6, 6.07) is 21.3. The molecule has 1 aliphatic heterocycles. The standard InChI is InChI=1S/C32H34F3N3O3S/c1-2-3-4-8-20-41-27-16-14-26(15-17-27)38-29(39)22-28(30(38)40)42-31(36-19-18-23-10-6-5-7-11-23)37-25-13-9-12-24(21-25)32(33,34)35/h5-7,9-17,21,28H,2-4,8,18-20,22H2,1H3,(H,36,37)/t28-/m0/s1. The first kappa shape index (κ1) is 31.2. The smallest absolute Gasteiger partial charge is 0.416 e. The highest BCUT2D eigenvalue weighted by Gasteiger charge is 2.41. The zero-order chi connectivity index (χ0) is 30.0. The lowest BCUT2D eigenvalue weighted by atomic mass is 10.2. The number of carbonyl (C=O) groups is 2. The van der Waals surface area contributed by atoms with Gasteiger partial charge in [0.25, 0.3) is 0 Å². The Hall–Kier alpha value is -3.79. The van der Waals surface area contributed by atoms with Crippen molar-refractivity contribution >= 4 is 40.1 Å². The van der Waals surface area contributed by atoms with Crippen LogP contribution in [0.3, 0.4) is 0 Å². The van der Waals surface area contributed by atoms with Crippen molar-refractivity contribution in [2.24, 2.45) is 4.99 Å². The van der Waals surface area contributed by atoms with Crippen LogP contribution in [-0.2, 0) is 22.2 Å². The van der Waals surface area contributed by atoms with Crippen molar-refractivity contribution in [1.29, 1.82) is 0 Å². The Bertz CT molecular complexity index is 1360. The molecule has 0 aromatic heterocycles. The number of alkyl halides is 3. The lowest BCUT2D eigenvalue weighted by Crippen LogP contribution is -2.31. The number of rotatable bonds is 12. The second kappa shape index (κ2) is 14.9. The molecule has 0 radical (unpaired) electrons. The molecule has 0 bridgehead atoms. The number of aliphatic imine (C=N–C) groups is 1. The molecule has 3 aromatic rings. The summed E-state index contributed by atoms with van der Waals surface area (Å²) in [5.74, 6) is -0.0911. The maximum Gasteiger partial charge on any atom is 0.416 e. The number of amides is 2. The van der Waals surface area contributed by atoms with Crippen molar-refractivity contribution in [2.45, 2.75) is 56.9 Å². The van der Waals surface area contributed by atoms with Crippen molar-refractivity contribution in [1.82, 2.24) is 0 Å². The summed E-state index contributed by atoms with van der Waals surface area (Å²) in [7, 11) is 0. The summed E-state index contributed by atoms with van der Waals surface area (Å²) in [5, 5.41) is 2.44. The molecule has 3 aromatic carbocycles. The Morgan fingerprint density at radius 1 is 1.00 bits per heavy atom. The number of amidine groups is 1. The van der Waals surface area contributed by atoms with Crippen LogP contribution in [-0.4, -0.2) is 35.4 Å². The molecule has 0 saturated carbocycles. The van der Waals surface area contributed by atoms with Crippen molar-refractivity contribution in [3.63, 3.8) is 0 Å². The number of thioether (sulfide) groups is 1. The molecule has 1 aliphatic rings. The van der Waals surface area contributed by atoms with Gasteiger partial charge in [0.05, 0.1) is 17.9 Å². The third-order valence-electron chi connectivity index (χ3n) is 6.66. The molecule has 1 N–H and O–H groups in total. The Morgan fingerprint density at radius 3 is 2.48 bits per heavy atom. The number of hydrogen-bond acceptors (Lipinski definition) is 5. The summed E-state index contributed by atoms with van der Waals surface area (Å²) < 4.78 is 45.6. The van der Waals surface area contributed by atoms with Crippen LogP contribution in [0, 0.1) is 0 Å². The van der Waals surface area contributed by atoms with Gasteiger partial charge in [-0.15, -0.1) is 0 Å². The number of unbranched alkanes of at least 4 members (excludes halogenated alkanes) is 3. The molecule has 42 heavy (non-hydrogen) atoms. The molecule has 1 fully saturated rings. The molecule has 0 aliphatic carbocycles. The first-order chi connectivity index (χ1) is 20.2. The van der Waals surface area contributed by atoms with E-state index < -0.39 is 22.9 Å². The van der Waals surface area contributed by atoms with Gasteiger partial charge in [0.1, 0.15) is 11.0 Å². The second-order valence-electron chi connectivity index (χ2n) is 9.91. The first-order valence-corrected chi connectivity index (χ1v) is 14.9. The summed E-state index contributed by atoms with van der Waals surface area (Å²) >= 11 is 1.05. The van der Waals surface area contributed by atoms with E-state index in [2.05, 4.69) is 17.2 Å². The van der Waals surface area contributed by atoms with Crippen molar-refractivity contribution < 1.29 is 27.5 Å². The van der Waals surface area contributed by atoms with Crippen LogP contribution in [0.1, 0.15) is 50.2 Å². The maximum absolute atomic E-state index is 13.4. The van der Waals surface area contributed by atoms with Crippen molar-refractivity contribution in [3.8, 4) is 5.75 Å². The van der Waals surface area contributed by atoms with Crippen LogP contribution < -0.4 is 15.0 Å². The molecule has 222 valence electrons. The van der Waals surface area contributed by atoms with Crippen LogP contribution >= 0.6 is 11.8 Å². The fourth-order valence-electron chi connectivity index (χ4n) is 4.45. The average Bonchev–Trinajstić information content (AvgIpc) is 3.25. The van der Waals surface area contributed by atoms with Crippen LogP contribution in [0.2, 0.25) is 0 Å². The summed E-state index contributed by atoms with van der Waals surface area (Å²) in [6.45, 7) is 3.10. The van der Waals surface area contributed by atoms with Gasteiger partial charge < -0.3 is 10.1 Å². The van der Waals surface area contributed by atoms with Gasteiger partial charge in [-0.25, -0.2) is 4.90 Å². The predicted molar refractivity (Wildman–Crippen MR) is 162 cm³/mol. The van der Waals surface area contributed by atoms with Gasteiger partial charge in [-0.05, 0) is 60.9 Å². The minimum Gasteiger partial charge on any atom is -0.494 e. The van der Waals surface area contributed by atoms with Crippen LogP contribution in [0.15, 0.2) is 83.9 Å². The van der Waals surface area contributed by atoms with Gasteiger partial charge in [-0.1, -0.05) is 74.3 Å². The lowest BCUT2D eigenvalue weighted by Gasteiger charge is -2.17. The molecular weight excluding hydrogens is 563 g/mol.